The molecular formula is C46H34N3OPtS2-3. The fraction of sp³-hybridized carbons (Fsp3) is 0.0870. The van der Waals surface area contributed by atoms with Crippen LogP contribution >= 0.6 is 22.7 Å². The Bertz CT molecular complexity index is 2530. The van der Waals surface area contributed by atoms with Crippen molar-refractivity contribution in [3.05, 3.63) is 170 Å². The van der Waals surface area contributed by atoms with E-state index in [2.05, 4.69) is 170 Å². The van der Waals surface area contributed by atoms with Crippen LogP contribution in [0.3, 0.4) is 0 Å². The maximum Gasteiger partial charge on any atom is 0.107 e. The SMILES string of the molecule is CC(C)(C)c1ccnc(-c2c3[c-]c(Oc4[c-]c(N5C=CN(c6c(-c7ccccc7)cccc6-c6ccccc6)[CH-]5)ccc4)sc3cc3ccsc23)c1.[Pt]. The summed E-state index contributed by atoms with van der Waals surface area (Å²) in [6.45, 7) is 8.81. The summed E-state index contributed by atoms with van der Waals surface area (Å²) in [7, 11) is 0. The number of benzene rings is 5. The van der Waals surface area contributed by atoms with Crippen LogP contribution in [0.2, 0.25) is 0 Å². The molecule has 0 saturated carbocycles. The van der Waals surface area contributed by atoms with E-state index >= 15 is 0 Å². The van der Waals surface area contributed by atoms with Gasteiger partial charge < -0.3 is 14.5 Å². The second-order valence-corrected chi connectivity index (χ2v) is 15.8. The first-order valence-electron chi connectivity index (χ1n) is 17.3. The Morgan fingerprint density at radius 1 is 0.736 bits per heavy atom. The van der Waals surface area contributed by atoms with Crippen LogP contribution in [0.1, 0.15) is 26.3 Å². The molecule has 0 spiro atoms. The zero-order valence-corrected chi connectivity index (χ0v) is 33.2. The average molecular weight is 904 g/mol. The molecule has 0 saturated heterocycles. The Morgan fingerprint density at radius 2 is 1.43 bits per heavy atom. The second kappa shape index (κ2) is 14.4. The van der Waals surface area contributed by atoms with Gasteiger partial charge in [0.05, 0.1) is 0 Å². The quantitative estimate of drug-likeness (QED) is 0.149. The van der Waals surface area contributed by atoms with Gasteiger partial charge in [-0.05, 0) is 68.2 Å². The van der Waals surface area contributed by atoms with Gasteiger partial charge in [0, 0.05) is 55.5 Å². The molecule has 0 unspecified atom stereocenters. The maximum atomic E-state index is 6.51. The number of aromatic nitrogens is 1. The first-order chi connectivity index (χ1) is 25.4. The predicted molar refractivity (Wildman–Crippen MR) is 219 cm³/mol. The molecule has 7 heteroatoms. The molecule has 0 bridgehead atoms. The molecule has 0 N–H and O–H groups in total. The molecular weight excluding hydrogens is 870 g/mol. The van der Waals surface area contributed by atoms with Crippen molar-refractivity contribution >= 4 is 54.2 Å². The second-order valence-electron chi connectivity index (χ2n) is 13.8. The van der Waals surface area contributed by atoms with Gasteiger partial charge in [0.15, 0.2) is 0 Å². The third-order valence-electron chi connectivity index (χ3n) is 9.35. The number of pyridine rings is 1. The van der Waals surface area contributed by atoms with Crippen molar-refractivity contribution in [2.75, 3.05) is 9.80 Å². The van der Waals surface area contributed by atoms with Crippen molar-refractivity contribution in [2.24, 2.45) is 0 Å². The fourth-order valence-corrected chi connectivity index (χ4v) is 8.60. The number of rotatable bonds is 7. The van der Waals surface area contributed by atoms with Crippen LogP contribution in [0.4, 0.5) is 11.4 Å². The summed E-state index contributed by atoms with van der Waals surface area (Å²) in [5.41, 5.74) is 9.98. The van der Waals surface area contributed by atoms with E-state index in [0.29, 0.717) is 10.8 Å². The molecule has 0 aliphatic carbocycles. The minimum Gasteiger partial charge on any atom is -0.500 e. The Balaban J connectivity index is 0.00000400. The summed E-state index contributed by atoms with van der Waals surface area (Å²) in [5, 5.41) is 5.08. The van der Waals surface area contributed by atoms with Crippen LogP contribution in [-0.2, 0) is 26.5 Å². The van der Waals surface area contributed by atoms with Crippen molar-refractivity contribution in [3.8, 4) is 44.3 Å². The van der Waals surface area contributed by atoms with E-state index in [4.69, 9.17) is 9.72 Å². The predicted octanol–water partition coefficient (Wildman–Crippen LogP) is 13.1. The topological polar surface area (TPSA) is 28.6 Å². The molecule has 0 atom stereocenters. The van der Waals surface area contributed by atoms with E-state index in [0.717, 1.165) is 55.0 Å². The largest absolute Gasteiger partial charge is 0.500 e. The minimum atomic E-state index is 0. The molecule has 0 amide bonds. The molecule has 9 rings (SSSR count). The average Bonchev–Trinajstić information content (AvgIpc) is 3.94. The van der Waals surface area contributed by atoms with Gasteiger partial charge >= 0.3 is 0 Å². The number of hydrogen-bond donors (Lipinski definition) is 0. The van der Waals surface area contributed by atoms with Crippen LogP contribution in [0.25, 0.3) is 53.7 Å². The van der Waals surface area contributed by atoms with Gasteiger partial charge in [-0.1, -0.05) is 116 Å². The number of fused-ring (bicyclic) bond motifs is 2. The number of anilines is 2. The van der Waals surface area contributed by atoms with Gasteiger partial charge in [-0.2, -0.15) is 34.1 Å². The summed E-state index contributed by atoms with van der Waals surface area (Å²) in [4.78, 5) is 9.13. The van der Waals surface area contributed by atoms with Crippen molar-refractivity contribution in [3.63, 3.8) is 0 Å². The molecule has 8 aromatic rings. The minimum absolute atomic E-state index is 0. The van der Waals surface area contributed by atoms with Crippen LogP contribution in [-0.4, -0.2) is 4.98 Å². The Kier molecular flexibility index (Phi) is 9.55. The molecule has 4 heterocycles. The third-order valence-corrected chi connectivity index (χ3v) is 11.2. The Hall–Kier alpha value is -5.00. The van der Waals surface area contributed by atoms with Gasteiger partial charge in [-0.15, -0.1) is 36.6 Å². The zero-order valence-electron chi connectivity index (χ0n) is 29.3. The van der Waals surface area contributed by atoms with Crippen LogP contribution in [0, 0.1) is 18.8 Å². The van der Waals surface area contributed by atoms with Crippen molar-refractivity contribution in [2.45, 2.75) is 26.2 Å². The van der Waals surface area contributed by atoms with Crippen molar-refractivity contribution in [1.82, 2.24) is 4.98 Å². The number of thiophene rings is 2. The van der Waals surface area contributed by atoms with Gasteiger partial charge in [0.2, 0.25) is 0 Å². The van der Waals surface area contributed by atoms with Crippen LogP contribution < -0.4 is 14.5 Å². The van der Waals surface area contributed by atoms with Gasteiger partial charge in [0.25, 0.3) is 0 Å². The molecule has 1 aliphatic rings. The van der Waals surface area contributed by atoms with E-state index < -0.39 is 0 Å². The zero-order chi connectivity index (χ0) is 35.2. The monoisotopic (exact) mass is 903 g/mol. The summed E-state index contributed by atoms with van der Waals surface area (Å²) >= 11 is 3.34. The van der Waals surface area contributed by atoms with Gasteiger partial charge in [0.1, 0.15) is 5.06 Å². The number of nitrogens with zero attached hydrogens (tertiary/aromatic N) is 3. The van der Waals surface area contributed by atoms with E-state index in [-0.39, 0.29) is 26.5 Å². The molecule has 0 radical (unpaired) electrons. The Morgan fingerprint density at radius 3 is 2.15 bits per heavy atom. The summed E-state index contributed by atoms with van der Waals surface area (Å²) in [6.07, 6.45) is 6.09. The molecule has 4 nitrogen and oxygen atoms in total. The van der Waals surface area contributed by atoms with E-state index in [1.165, 1.54) is 15.6 Å². The number of ether oxygens (including phenoxy) is 1. The Labute approximate surface area is 332 Å². The summed E-state index contributed by atoms with van der Waals surface area (Å²) in [5.74, 6) is 0.631. The smallest absolute Gasteiger partial charge is 0.107 e. The van der Waals surface area contributed by atoms with E-state index in [9.17, 15) is 0 Å². The summed E-state index contributed by atoms with van der Waals surface area (Å²) < 4.78 is 8.84. The van der Waals surface area contributed by atoms with Crippen LogP contribution in [0.15, 0.2) is 145 Å². The fourth-order valence-electron chi connectivity index (χ4n) is 6.74. The maximum absolute atomic E-state index is 6.51. The van der Waals surface area contributed by atoms with Crippen molar-refractivity contribution in [1.29, 1.82) is 0 Å². The molecule has 5 aromatic carbocycles. The van der Waals surface area contributed by atoms with Crippen molar-refractivity contribution < 1.29 is 25.8 Å². The number of para-hydroxylation sites is 1. The van der Waals surface area contributed by atoms with E-state index in [1.54, 1.807) is 22.7 Å². The molecule has 0 fully saturated rings. The third kappa shape index (κ3) is 6.83. The first-order valence-corrected chi connectivity index (χ1v) is 19.0. The first kappa shape index (κ1) is 35.1. The molecule has 53 heavy (non-hydrogen) atoms. The van der Waals surface area contributed by atoms with Gasteiger partial charge in [-0.3, -0.25) is 4.98 Å². The van der Waals surface area contributed by atoms with Gasteiger partial charge in [-0.25, -0.2) is 0 Å². The molecule has 1 aliphatic heterocycles. The molecule has 264 valence electrons. The number of hydrogen-bond acceptors (Lipinski definition) is 6. The van der Waals surface area contributed by atoms with E-state index in [1.807, 2.05) is 24.4 Å². The molecule has 3 aromatic heterocycles. The summed E-state index contributed by atoms with van der Waals surface area (Å²) in [6, 6.07) is 49.5. The standard InChI is InChI=1S/C46H34N3OS2.Pt/c1-46(2,3)34-20-22-47-40(27-34)43-39-29-42(52-41(39)26-33-21-25-51-45(33)43)50-36-17-10-16-35(28-36)48-23-24-49(30-48)44-37(31-12-6-4-7-13-31)18-11-19-38(44)32-14-8-5-9-15-32;/h4-27,30H,1-3H3;/q-3;. The van der Waals surface area contributed by atoms with Crippen LogP contribution in [0.5, 0.6) is 10.8 Å². The normalized spacial score (nSPS) is 12.8.